The molecular formula is C21H24N4O2S. The van der Waals surface area contributed by atoms with Gasteiger partial charge < -0.3 is 5.32 Å². The number of nitrogens with zero attached hydrogens (tertiary/aromatic N) is 3. The molecule has 0 fully saturated rings. The molecule has 0 bridgehead atoms. The number of hydrogen-bond acceptors (Lipinski definition) is 5. The Labute approximate surface area is 168 Å². The van der Waals surface area contributed by atoms with Gasteiger partial charge in [0, 0.05) is 25.5 Å². The summed E-state index contributed by atoms with van der Waals surface area (Å²) in [5, 5.41) is 4.07. The Bertz CT molecular complexity index is 1000. The molecule has 0 saturated carbocycles. The first-order valence-electron chi connectivity index (χ1n) is 9.32. The van der Waals surface area contributed by atoms with Gasteiger partial charge in [0.1, 0.15) is 0 Å². The smallest absolute Gasteiger partial charge is 0.262 e. The molecule has 2 heterocycles. The number of rotatable bonds is 8. The lowest BCUT2D eigenvalue weighted by atomic mass is 10.1. The molecule has 28 heavy (non-hydrogen) atoms. The highest BCUT2D eigenvalue weighted by Gasteiger charge is 2.13. The number of pyridine rings is 1. The van der Waals surface area contributed by atoms with Crippen molar-refractivity contribution in [3.05, 3.63) is 64.7 Å². The van der Waals surface area contributed by atoms with Crippen molar-refractivity contribution >= 4 is 28.6 Å². The number of carbonyl (C=O) groups is 1. The van der Waals surface area contributed by atoms with Gasteiger partial charge in [-0.05, 0) is 36.1 Å². The normalized spacial score (nSPS) is 11.1. The van der Waals surface area contributed by atoms with Crippen LogP contribution in [-0.2, 0) is 17.9 Å². The van der Waals surface area contributed by atoms with Crippen molar-refractivity contribution in [3.8, 4) is 0 Å². The Morgan fingerprint density at radius 3 is 2.79 bits per heavy atom. The van der Waals surface area contributed by atoms with Gasteiger partial charge in [0.05, 0.1) is 16.7 Å². The number of thioether (sulfide) groups is 1. The highest BCUT2D eigenvalue weighted by Crippen LogP contribution is 2.18. The van der Waals surface area contributed by atoms with Crippen LogP contribution in [0, 0.1) is 5.92 Å². The number of benzene rings is 1. The third-order valence-corrected chi connectivity index (χ3v) is 5.28. The van der Waals surface area contributed by atoms with Crippen LogP contribution in [0.1, 0.15) is 25.8 Å². The summed E-state index contributed by atoms with van der Waals surface area (Å²) < 4.78 is 1.70. The fraction of sp³-hybridized carbons (Fsp3) is 0.333. The summed E-state index contributed by atoms with van der Waals surface area (Å²) in [5.74, 6) is 0.567. The summed E-state index contributed by atoms with van der Waals surface area (Å²) in [4.78, 5) is 33.8. The lowest BCUT2D eigenvalue weighted by Crippen LogP contribution is -2.27. The second-order valence-corrected chi connectivity index (χ2v) is 7.92. The molecule has 1 aromatic carbocycles. The minimum atomic E-state index is -0.105. The zero-order chi connectivity index (χ0) is 19.9. The van der Waals surface area contributed by atoms with E-state index < -0.39 is 0 Å². The van der Waals surface area contributed by atoms with Crippen molar-refractivity contribution in [1.82, 2.24) is 19.9 Å². The molecule has 1 N–H and O–H groups in total. The van der Waals surface area contributed by atoms with Crippen molar-refractivity contribution in [2.24, 2.45) is 5.92 Å². The van der Waals surface area contributed by atoms with E-state index in [1.54, 1.807) is 23.0 Å². The van der Waals surface area contributed by atoms with E-state index in [1.165, 1.54) is 11.8 Å². The van der Waals surface area contributed by atoms with Gasteiger partial charge in [-0.25, -0.2) is 4.98 Å². The van der Waals surface area contributed by atoms with E-state index in [0.717, 1.165) is 12.0 Å². The molecule has 0 unspecified atom stereocenters. The van der Waals surface area contributed by atoms with E-state index >= 15 is 0 Å². The van der Waals surface area contributed by atoms with Crippen LogP contribution in [0.3, 0.4) is 0 Å². The second kappa shape index (κ2) is 9.50. The third kappa shape index (κ3) is 5.19. The van der Waals surface area contributed by atoms with Crippen molar-refractivity contribution < 1.29 is 4.79 Å². The monoisotopic (exact) mass is 396 g/mol. The van der Waals surface area contributed by atoms with Gasteiger partial charge in [-0.3, -0.25) is 19.1 Å². The first-order valence-corrected chi connectivity index (χ1v) is 10.3. The lowest BCUT2D eigenvalue weighted by molar-refractivity contribution is -0.118. The lowest BCUT2D eigenvalue weighted by Gasteiger charge is -2.14. The number of nitrogens with one attached hydrogen (secondary N) is 1. The predicted octanol–water partition coefficient (Wildman–Crippen LogP) is 3.25. The summed E-state index contributed by atoms with van der Waals surface area (Å²) >= 11 is 1.30. The minimum absolute atomic E-state index is 0.0514. The Morgan fingerprint density at radius 1 is 1.21 bits per heavy atom. The standard InChI is InChI=1S/C21H24N4O2S/c1-15(2)9-11-25-20(27)17-7-3-4-8-18(17)24-21(25)28-14-19(26)23-13-16-6-5-10-22-12-16/h3-8,10,12,15H,9,11,13-14H2,1-2H3,(H,23,26). The maximum absolute atomic E-state index is 12.9. The number of carbonyl (C=O) groups excluding carboxylic acids is 1. The van der Waals surface area contributed by atoms with E-state index in [-0.39, 0.29) is 17.2 Å². The zero-order valence-corrected chi connectivity index (χ0v) is 16.9. The van der Waals surface area contributed by atoms with Crippen LogP contribution in [-0.4, -0.2) is 26.2 Å². The molecule has 0 radical (unpaired) electrons. The maximum atomic E-state index is 12.9. The Balaban J connectivity index is 1.74. The van der Waals surface area contributed by atoms with Crippen LogP contribution in [0.15, 0.2) is 58.7 Å². The number of aromatic nitrogens is 3. The van der Waals surface area contributed by atoms with Gasteiger partial charge in [-0.15, -0.1) is 0 Å². The zero-order valence-electron chi connectivity index (χ0n) is 16.1. The van der Waals surface area contributed by atoms with E-state index in [9.17, 15) is 9.59 Å². The van der Waals surface area contributed by atoms with Crippen LogP contribution in [0.25, 0.3) is 10.9 Å². The van der Waals surface area contributed by atoms with Gasteiger partial charge in [0.15, 0.2) is 5.16 Å². The van der Waals surface area contributed by atoms with Gasteiger partial charge in [-0.1, -0.05) is 43.8 Å². The molecule has 0 saturated heterocycles. The van der Waals surface area contributed by atoms with Crippen molar-refractivity contribution in [3.63, 3.8) is 0 Å². The molecule has 3 rings (SSSR count). The van der Waals surface area contributed by atoms with Gasteiger partial charge in [0.2, 0.25) is 5.91 Å². The molecule has 146 valence electrons. The number of fused-ring (bicyclic) bond motifs is 1. The Morgan fingerprint density at radius 2 is 2.04 bits per heavy atom. The quantitative estimate of drug-likeness (QED) is 0.467. The topological polar surface area (TPSA) is 76.9 Å². The average Bonchev–Trinajstić information content (AvgIpc) is 2.71. The average molecular weight is 397 g/mol. The summed E-state index contributed by atoms with van der Waals surface area (Å²) in [6.45, 7) is 5.27. The molecule has 7 heteroatoms. The highest BCUT2D eigenvalue weighted by molar-refractivity contribution is 7.99. The summed E-state index contributed by atoms with van der Waals surface area (Å²) in [7, 11) is 0. The van der Waals surface area contributed by atoms with Crippen LogP contribution < -0.4 is 10.9 Å². The Hall–Kier alpha value is -2.67. The summed E-state index contributed by atoms with van der Waals surface area (Å²) in [6.07, 6.45) is 4.30. The number of hydrogen-bond donors (Lipinski definition) is 1. The number of para-hydroxylation sites is 1. The molecule has 0 aliphatic rings. The molecule has 3 aromatic rings. The second-order valence-electron chi connectivity index (χ2n) is 6.98. The fourth-order valence-corrected chi connectivity index (χ4v) is 3.58. The predicted molar refractivity (Wildman–Crippen MR) is 112 cm³/mol. The summed E-state index contributed by atoms with van der Waals surface area (Å²) in [6, 6.07) is 11.1. The first kappa shape index (κ1) is 20.1. The van der Waals surface area contributed by atoms with Crippen LogP contribution in [0.2, 0.25) is 0 Å². The minimum Gasteiger partial charge on any atom is -0.351 e. The molecule has 0 aliphatic heterocycles. The Kier molecular flexibility index (Phi) is 6.81. The van der Waals surface area contributed by atoms with Crippen molar-refractivity contribution in [1.29, 1.82) is 0 Å². The largest absolute Gasteiger partial charge is 0.351 e. The van der Waals surface area contributed by atoms with Crippen LogP contribution in [0.5, 0.6) is 0 Å². The van der Waals surface area contributed by atoms with E-state index in [4.69, 9.17) is 0 Å². The number of amides is 1. The molecular weight excluding hydrogens is 372 g/mol. The molecule has 0 spiro atoms. The molecule has 6 nitrogen and oxygen atoms in total. The van der Waals surface area contributed by atoms with Crippen LogP contribution in [0.4, 0.5) is 0 Å². The molecule has 0 aliphatic carbocycles. The first-order chi connectivity index (χ1) is 13.5. The third-order valence-electron chi connectivity index (χ3n) is 4.30. The van der Waals surface area contributed by atoms with Crippen molar-refractivity contribution in [2.45, 2.75) is 38.5 Å². The van der Waals surface area contributed by atoms with E-state index in [0.29, 0.717) is 35.1 Å². The van der Waals surface area contributed by atoms with Gasteiger partial charge in [0.25, 0.3) is 5.56 Å². The highest BCUT2D eigenvalue weighted by atomic mass is 32.2. The fourth-order valence-electron chi connectivity index (χ4n) is 2.73. The van der Waals surface area contributed by atoms with Gasteiger partial charge in [-0.2, -0.15) is 0 Å². The maximum Gasteiger partial charge on any atom is 0.262 e. The SMILES string of the molecule is CC(C)CCn1c(SCC(=O)NCc2cccnc2)nc2ccccc2c1=O. The molecule has 1 amide bonds. The molecule has 0 atom stereocenters. The van der Waals surface area contributed by atoms with E-state index in [1.807, 2.05) is 30.3 Å². The van der Waals surface area contributed by atoms with E-state index in [2.05, 4.69) is 29.1 Å². The van der Waals surface area contributed by atoms with Crippen molar-refractivity contribution in [2.75, 3.05) is 5.75 Å². The summed E-state index contributed by atoms with van der Waals surface area (Å²) in [5.41, 5.74) is 1.55. The molecule has 2 aromatic heterocycles. The van der Waals surface area contributed by atoms with Crippen LogP contribution >= 0.6 is 11.8 Å². The van der Waals surface area contributed by atoms with Gasteiger partial charge >= 0.3 is 0 Å².